The fraction of sp³-hybridized carbons (Fsp3) is 0.462. The highest BCUT2D eigenvalue weighted by molar-refractivity contribution is 5.94. The molecule has 3 N–H and O–H groups in total. The van der Waals surface area contributed by atoms with E-state index in [1.165, 1.54) is 5.56 Å². The number of amides is 2. The predicted octanol–water partition coefficient (Wildman–Crippen LogP) is 1.21. The lowest BCUT2D eigenvalue weighted by molar-refractivity contribution is 0.251. The van der Waals surface area contributed by atoms with Crippen LogP contribution < -0.4 is 16.0 Å². The van der Waals surface area contributed by atoms with Gasteiger partial charge in [0, 0.05) is 17.6 Å². The number of para-hydroxylation sites is 1. The first-order valence-electron chi connectivity index (χ1n) is 6.10. The minimum Gasteiger partial charge on any atom is -0.351 e. The third kappa shape index (κ3) is 1.52. The fourth-order valence-electron chi connectivity index (χ4n) is 3.16. The molecule has 2 aliphatic heterocycles. The first kappa shape index (κ1) is 10.6. The number of hydrogen-bond donors (Lipinski definition) is 2. The van der Waals surface area contributed by atoms with Crippen molar-refractivity contribution in [2.45, 2.75) is 18.3 Å². The SMILES string of the molecule is NC(=O)N1CC2(CCNCC2)c2ccccc21. The molecule has 1 spiro atoms. The van der Waals surface area contributed by atoms with Crippen LogP contribution in [0.5, 0.6) is 0 Å². The molecule has 0 unspecified atom stereocenters. The molecule has 0 radical (unpaired) electrons. The lowest BCUT2D eigenvalue weighted by atomic mass is 9.75. The molecule has 4 nitrogen and oxygen atoms in total. The normalized spacial score (nSPS) is 21.5. The standard InChI is InChI=1S/C13H17N3O/c14-12(17)16-9-13(5-7-15-8-6-13)10-3-1-2-4-11(10)16/h1-4,15H,5-9H2,(H2,14,17). The van der Waals surface area contributed by atoms with Gasteiger partial charge in [0.25, 0.3) is 0 Å². The average molecular weight is 231 g/mol. The Morgan fingerprint density at radius 3 is 2.71 bits per heavy atom. The number of urea groups is 1. The van der Waals surface area contributed by atoms with Crippen molar-refractivity contribution < 1.29 is 4.79 Å². The van der Waals surface area contributed by atoms with Crippen molar-refractivity contribution in [2.75, 3.05) is 24.5 Å². The number of carbonyl (C=O) groups is 1. The highest BCUT2D eigenvalue weighted by atomic mass is 16.2. The van der Waals surface area contributed by atoms with Gasteiger partial charge in [0.2, 0.25) is 0 Å². The largest absolute Gasteiger partial charge is 0.351 e. The highest BCUT2D eigenvalue weighted by Gasteiger charge is 2.44. The molecule has 2 heterocycles. The number of carbonyl (C=O) groups excluding carboxylic acids is 1. The molecule has 1 saturated heterocycles. The van der Waals surface area contributed by atoms with Crippen molar-refractivity contribution >= 4 is 11.7 Å². The molecule has 1 aromatic rings. The van der Waals surface area contributed by atoms with E-state index < -0.39 is 0 Å². The molecule has 17 heavy (non-hydrogen) atoms. The monoisotopic (exact) mass is 231 g/mol. The zero-order valence-electron chi connectivity index (χ0n) is 9.78. The van der Waals surface area contributed by atoms with Gasteiger partial charge in [0.05, 0.1) is 0 Å². The van der Waals surface area contributed by atoms with Crippen LogP contribution in [0.1, 0.15) is 18.4 Å². The second-order valence-electron chi connectivity index (χ2n) is 4.97. The topological polar surface area (TPSA) is 58.4 Å². The molecule has 0 aliphatic carbocycles. The van der Waals surface area contributed by atoms with Crippen LogP contribution >= 0.6 is 0 Å². The second-order valence-corrected chi connectivity index (χ2v) is 4.97. The first-order valence-corrected chi connectivity index (χ1v) is 6.10. The van der Waals surface area contributed by atoms with Crippen molar-refractivity contribution in [2.24, 2.45) is 5.73 Å². The fourth-order valence-corrected chi connectivity index (χ4v) is 3.16. The van der Waals surface area contributed by atoms with Crippen LogP contribution in [-0.2, 0) is 5.41 Å². The summed E-state index contributed by atoms with van der Waals surface area (Å²) < 4.78 is 0. The predicted molar refractivity (Wildman–Crippen MR) is 67.2 cm³/mol. The first-order chi connectivity index (χ1) is 8.23. The van der Waals surface area contributed by atoms with E-state index in [1.54, 1.807) is 4.90 Å². The Labute approximate surface area is 101 Å². The maximum Gasteiger partial charge on any atom is 0.319 e. The van der Waals surface area contributed by atoms with Gasteiger partial charge in [-0.3, -0.25) is 4.90 Å². The third-order valence-corrected chi connectivity index (χ3v) is 4.05. The van der Waals surface area contributed by atoms with Gasteiger partial charge in [-0.25, -0.2) is 4.79 Å². The maximum atomic E-state index is 11.5. The van der Waals surface area contributed by atoms with Crippen LogP contribution in [-0.4, -0.2) is 25.7 Å². The molecular weight excluding hydrogens is 214 g/mol. The smallest absolute Gasteiger partial charge is 0.319 e. The van der Waals surface area contributed by atoms with E-state index in [0.29, 0.717) is 0 Å². The summed E-state index contributed by atoms with van der Waals surface area (Å²) in [5.74, 6) is 0. The number of primary amides is 1. The van der Waals surface area contributed by atoms with Gasteiger partial charge >= 0.3 is 6.03 Å². The molecule has 4 heteroatoms. The van der Waals surface area contributed by atoms with Crippen LogP contribution in [0, 0.1) is 0 Å². The molecule has 1 aromatic carbocycles. The molecule has 3 rings (SSSR count). The van der Waals surface area contributed by atoms with E-state index in [1.807, 2.05) is 18.2 Å². The highest BCUT2D eigenvalue weighted by Crippen LogP contribution is 2.45. The van der Waals surface area contributed by atoms with E-state index >= 15 is 0 Å². The van der Waals surface area contributed by atoms with Gasteiger partial charge in [0.1, 0.15) is 0 Å². The number of anilines is 1. The molecule has 2 aliphatic rings. The van der Waals surface area contributed by atoms with Crippen molar-refractivity contribution in [3.05, 3.63) is 29.8 Å². The Hall–Kier alpha value is -1.55. The van der Waals surface area contributed by atoms with Gasteiger partial charge in [0.15, 0.2) is 0 Å². The molecule has 0 aromatic heterocycles. The van der Waals surface area contributed by atoms with Crippen molar-refractivity contribution in [1.82, 2.24) is 5.32 Å². The number of nitrogens with zero attached hydrogens (tertiary/aromatic N) is 1. The van der Waals surface area contributed by atoms with E-state index in [9.17, 15) is 4.79 Å². The van der Waals surface area contributed by atoms with Gasteiger partial charge in [-0.05, 0) is 37.6 Å². The summed E-state index contributed by atoms with van der Waals surface area (Å²) in [7, 11) is 0. The van der Waals surface area contributed by atoms with Crippen LogP contribution in [0.4, 0.5) is 10.5 Å². The number of hydrogen-bond acceptors (Lipinski definition) is 2. The summed E-state index contributed by atoms with van der Waals surface area (Å²) >= 11 is 0. The Bertz CT molecular complexity index is 452. The molecule has 0 bridgehead atoms. The van der Waals surface area contributed by atoms with Crippen LogP contribution in [0.25, 0.3) is 0 Å². The lowest BCUT2D eigenvalue weighted by Gasteiger charge is -2.34. The zero-order chi connectivity index (χ0) is 11.9. The quantitative estimate of drug-likeness (QED) is 0.705. The van der Waals surface area contributed by atoms with Gasteiger partial charge < -0.3 is 11.1 Å². The van der Waals surface area contributed by atoms with Crippen molar-refractivity contribution in [1.29, 1.82) is 0 Å². The number of nitrogens with two attached hydrogens (primary N) is 1. The minimum atomic E-state index is -0.340. The maximum absolute atomic E-state index is 11.5. The minimum absolute atomic E-state index is 0.122. The molecule has 1 fully saturated rings. The Kier molecular flexibility index (Phi) is 2.33. The Morgan fingerprint density at radius 1 is 1.29 bits per heavy atom. The number of nitrogens with one attached hydrogen (secondary N) is 1. The average Bonchev–Trinajstić information content (AvgIpc) is 2.66. The summed E-state index contributed by atoms with van der Waals surface area (Å²) in [6.07, 6.45) is 2.15. The van der Waals surface area contributed by atoms with Crippen LogP contribution in [0.3, 0.4) is 0 Å². The number of fused-ring (bicyclic) bond motifs is 2. The zero-order valence-corrected chi connectivity index (χ0v) is 9.78. The van der Waals surface area contributed by atoms with Gasteiger partial charge in [-0.2, -0.15) is 0 Å². The molecule has 90 valence electrons. The van der Waals surface area contributed by atoms with Gasteiger partial charge in [-0.1, -0.05) is 18.2 Å². The second kappa shape index (κ2) is 3.74. The lowest BCUT2D eigenvalue weighted by Crippen LogP contribution is -2.45. The van der Waals surface area contributed by atoms with E-state index in [2.05, 4.69) is 11.4 Å². The summed E-state index contributed by atoms with van der Waals surface area (Å²) in [5.41, 5.74) is 7.89. The van der Waals surface area contributed by atoms with E-state index in [0.717, 1.165) is 38.2 Å². The Balaban J connectivity index is 2.07. The number of piperidine rings is 1. The summed E-state index contributed by atoms with van der Waals surface area (Å²) in [6, 6.07) is 7.82. The van der Waals surface area contributed by atoms with Crippen LogP contribution in [0.15, 0.2) is 24.3 Å². The third-order valence-electron chi connectivity index (χ3n) is 4.05. The van der Waals surface area contributed by atoms with E-state index in [-0.39, 0.29) is 11.4 Å². The molecule has 2 amide bonds. The summed E-state index contributed by atoms with van der Waals surface area (Å²) in [4.78, 5) is 13.2. The molecule has 0 saturated carbocycles. The summed E-state index contributed by atoms with van der Waals surface area (Å²) in [6.45, 7) is 2.77. The Morgan fingerprint density at radius 2 is 2.00 bits per heavy atom. The van der Waals surface area contributed by atoms with Gasteiger partial charge in [-0.15, -0.1) is 0 Å². The number of rotatable bonds is 0. The van der Waals surface area contributed by atoms with Crippen molar-refractivity contribution in [3.63, 3.8) is 0 Å². The van der Waals surface area contributed by atoms with Crippen LogP contribution in [0.2, 0.25) is 0 Å². The molecule has 0 atom stereocenters. The van der Waals surface area contributed by atoms with Crippen molar-refractivity contribution in [3.8, 4) is 0 Å². The van der Waals surface area contributed by atoms with E-state index in [4.69, 9.17) is 5.73 Å². The number of benzene rings is 1. The summed E-state index contributed by atoms with van der Waals surface area (Å²) in [5, 5.41) is 3.38. The molecular formula is C13H17N3O.